The fourth-order valence-electron chi connectivity index (χ4n) is 2.22. The fourth-order valence-corrected chi connectivity index (χ4v) is 2.67. The lowest BCUT2D eigenvalue weighted by Gasteiger charge is -2.23. The van der Waals surface area contributed by atoms with Crippen LogP contribution in [-0.4, -0.2) is 23.3 Å². The van der Waals surface area contributed by atoms with Crippen LogP contribution in [0.3, 0.4) is 0 Å². The smallest absolute Gasteiger partial charge is 0.163 e. The molecule has 1 aromatic carbocycles. The van der Waals surface area contributed by atoms with Gasteiger partial charge >= 0.3 is 0 Å². The van der Waals surface area contributed by atoms with Gasteiger partial charge in [0.1, 0.15) is 5.82 Å². The SMILES string of the molecule is Oc1cc(Br)c(F)c(CC2CCNCC2)c1O. The van der Waals surface area contributed by atoms with Crippen molar-refractivity contribution in [1.82, 2.24) is 5.32 Å². The number of nitrogens with one attached hydrogen (secondary N) is 1. The van der Waals surface area contributed by atoms with Crippen LogP contribution in [0.15, 0.2) is 10.5 Å². The topological polar surface area (TPSA) is 52.5 Å². The van der Waals surface area contributed by atoms with Crippen LogP contribution in [0.4, 0.5) is 4.39 Å². The molecule has 0 aliphatic carbocycles. The quantitative estimate of drug-likeness (QED) is 0.736. The molecule has 2 rings (SSSR count). The second-order valence-corrected chi connectivity index (χ2v) is 5.27. The lowest BCUT2D eigenvalue weighted by molar-refractivity contribution is 0.352. The van der Waals surface area contributed by atoms with Crippen LogP contribution < -0.4 is 5.32 Å². The van der Waals surface area contributed by atoms with E-state index in [2.05, 4.69) is 21.2 Å². The summed E-state index contributed by atoms with van der Waals surface area (Å²) in [7, 11) is 0. The number of hydrogen-bond donors (Lipinski definition) is 3. The molecule has 0 radical (unpaired) electrons. The first-order valence-electron chi connectivity index (χ1n) is 5.69. The number of halogens is 2. The molecule has 0 spiro atoms. The monoisotopic (exact) mass is 303 g/mol. The Labute approximate surface area is 108 Å². The Morgan fingerprint density at radius 1 is 1.35 bits per heavy atom. The van der Waals surface area contributed by atoms with Gasteiger partial charge in [-0.2, -0.15) is 0 Å². The Bertz CT molecular complexity index is 393. The van der Waals surface area contributed by atoms with Gasteiger partial charge in [0.05, 0.1) is 4.47 Å². The summed E-state index contributed by atoms with van der Waals surface area (Å²) in [5, 5.41) is 22.4. The first-order chi connectivity index (χ1) is 8.09. The number of phenols is 2. The molecule has 1 aromatic rings. The van der Waals surface area contributed by atoms with E-state index in [4.69, 9.17) is 0 Å². The number of phenolic OH excluding ortho intramolecular Hbond substituents is 2. The molecule has 1 heterocycles. The van der Waals surface area contributed by atoms with Crippen molar-refractivity contribution < 1.29 is 14.6 Å². The Morgan fingerprint density at radius 2 is 2.00 bits per heavy atom. The van der Waals surface area contributed by atoms with Gasteiger partial charge in [0.2, 0.25) is 0 Å². The molecule has 1 aliphatic heterocycles. The van der Waals surface area contributed by atoms with Crippen molar-refractivity contribution in [3.05, 3.63) is 21.9 Å². The van der Waals surface area contributed by atoms with Crippen molar-refractivity contribution in [2.45, 2.75) is 19.3 Å². The van der Waals surface area contributed by atoms with Gasteiger partial charge in [-0.05, 0) is 54.2 Å². The van der Waals surface area contributed by atoms with E-state index < -0.39 is 5.82 Å². The van der Waals surface area contributed by atoms with E-state index in [-0.39, 0.29) is 21.5 Å². The Morgan fingerprint density at radius 3 is 2.65 bits per heavy atom. The van der Waals surface area contributed by atoms with Crippen molar-refractivity contribution in [2.75, 3.05) is 13.1 Å². The van der Waals surface area contributed by atoms with Crippen LogP contribution >= 0.6 is 15.9 Å². The molecular weight excluding hydrogens is 289 g/mol. The van der Waals surface area contributed by atoms with Crippen LogP contribution in [0.1, 0.15) is 18.4 Å². The van der Waals surface area contributed by atoms with E-state index in [0.29, 0.717) is 12.3 Å². The van der Waals surface area contributed by atoms with Gasteiger partial charge in [-0.1, -0.05) is 0 Å². The first kappa shape index (κ1) is 12.6. The molecule has 0 aromatic heterocycles. The maximum Gasteiger partial charge on any atom is 0.163 e. The van der Waals surface area contributed by atoms with Crippen LogP contribution in [0, 0.1) is 11.7 Å². The Balaban J connectivity index is 2.24. The number of hydrogen-bond acceptors (Lipinski definition) is 3. The fraction of sp³-hybridized carbons (Fsp3) is 0.500. The molecular formula is C12H15BrFNO2. The molecule has 3 nitrogen and oxygen atoms in total. The lowest BCUT2D eigenvalue weighted by Crippen LogP contribution is -2.28. The molecule has 94 valence electrons. The van der Waals surface area contributed by atoms with Crippen LogP contribution in [-0.2, 0) is 6.42 Å². The molecule has 0 saturated carbocycles. The van der Waals surface area contributed by atoms with Gasteiger partial charge in [-0.25, -0.2) is 4.39 Å². The van der Waals surface area contributed by atoms with E-state index >= 15 is 0 Å². The minimum absolute atomic E-state index is 0.191. The van der Waals surface area contributed by atoms with E-state index in [0.717, 1.165) is 25.9 Å². The third-order valence-corrected chi connectivity index (χ3v) is 3.80. The standard InChI is InChI=1S/C12H15BrFNO2/c13-9-6-10(16)12(17)8(11(9)14)5-7-1-3-15-4-2-7/h6-7,15-17H,1-5H2. The summed E-state index contributed by atoms with van der Waals surface area (Å²) in [6.45, 7) is 1.85. The largest absolute Gasteiger partial charge is 0.504 e. The molecule has 17 heavy (non-hydrogen) atoms. The normalized spacial score (nSPS) is 17.3. The number of benzene rings is 1. The van der Waals surface area contributed by atoms with Gasteiger partial charge in [-0.3, -0.25) is 0 Å². The zero-order chi connectivity index (χ0) is 12.4. The average molecular weight is 304 g/mol. The minimum Gasteiger partial charge on any atom is -0.504 e. The van der Waals surface area contributed by atoms with E-state index in [1.165, 1.54) is 6.07 Å². The zero-order valence-electron chi connectivity index (χ0n) is 9.34. The summed E-state index contributed by atoms with van der Waals surface area (Å²) in [6.07, 6.45) is 2.39. The second-order valence-electron chi connectivity index (χ2n) is 4.42. The summed E-state index contributed by atoms with van der Waals surface area (Å²) in [6, 6.07) is 1.18. The highest BCUT2D eigenvalue weighted by Gasteiger charge is 2.21. The molecule has 0 atom stereocenters. The molecule has 5 heteroatoms. The Kier molecular flexibility index (Phi) is 3.89. The third-order valence-electron chi connectivity index (χ3n) is 3.22. The highest BCUT2D eigenvalue weighted by Crippen LogP contribution is 2.37. The summed E-state index contributed by atoms with van der Waals surface area (Å²) >= 11 is 3.04. The van der Waals surface area contributed by atoms with Gasteiger partial charge in [0.25, 0.3) is 0 Å². The van der Waals surface area contributed by atoms with Crippen molar-refractivity contribution >= 4 is 15.9 Å². The van der Waals surface area contributed by atoms with Gasteiger partial charge in [0.15, 0.2) is 11.5 Å². The molecule has 0 bridgehead atoms. The average Bonchev–Trinajstić information content (AvgIpc) is 2.33. The maximum absolute atomic E-state index is 13.9. The van der Waals surface area contributed by atoms with Gasteiger partial charge < -0.3 is 15.5 Å². The second kappa shape index (κ2) is 5.23. The predicted molar refractivity (Wildman–Crippen MR) is 66.7 cm³/mol. The van der Waals surface area contributed by atoms with E-state index in [9.17, 15) is 14.6 Å². The van der Waals surface area contributed by atoms with Crippen molar-refractivity contribution in [3.8, 4) is 11.5 Å². The molecule has 0 amide bonds. The van der Waals surface area contributed by atoms with Gasteiger partial charge in [-0.15, -0.1) is 0 Å². The number of aromatic hydroxyl groups is 2. The lowest BCUT2D eigenvalue weighted by atomic mass is 9.90. The molecule has 1 aliphatic rings. The molecule has 3 N–H and O–H groups in total. The van der Waals surface area contributed by atoms with E-state index in [1.54, 1.807) is 0 Å². The van der Waals surface area contributed by atoms with Crippen LogP contribution in [0.5, 0.6) is 11.5 Å². The minimum atomic E-state index is -0.473. The summed E-state index contributed by atoms with van der Waals surface area (Å²) in [5.41, 5.74) is 0.212. The molecule has 1 fully saturated rings. The van der Waals surface area contributed by atoms with E-state index in [1.807, 2.05) is 0 Å². The van der Waals surface area contributed by atoms with Crippen molar-refractivity contribution in [2.24, 2.45) is 5.92 Å². The summed E-state index contributed by atoms with van der Waals surface area (Å²) < 4.78 is 14.1. The van der Waals surface area contributed by atoms with Crippen LogP contribution in [0.2, 0.25) is 0 Å². The van der Waals surface area contributed by atoms with Crippen molar-refractivity contribution in [1.29, 1.82) is 0 Å². The predicted octanol–water partition coefficient (Wildman–Crippen LogP) is 2.54. The molecule has 0 unspecified atom stereocenters. The number of piperidine rings is 1. The first-order valence-corrected chi connectivity index (χ1v) is 6.48. The third kappa shape index (κ3) is 2.72. The Hall–Kier alpha value is -0.810. The highest BCUT2D eigenvalue weighted by molar-refractivity contribution is 9.10. The summed E-state index contributed by atoms with van der Waals surface area (Å²) in [5.74, 6) is -0.726. The van der Waals surface area contributed by atoms with Gasteiger partial charge in [0, 0.05) is 11.6 Å². The maximum atomic E-state index is 13.9. The van der Waals surface area contributed by atoms with Crippen molar-refractivity contribution in [3.63, 3.8) is 0 Å². The van der Waals surface area contributed by atoms with Crippen LogP contribution in [0.25, 0.3) is 0 Å². The molecule has 1 saturated heterocycles. The number of rotatable bonds is 2. The summed E-state index contributed by atoms with van der Waals surface area (Å²) in [4.78, 5) is 0. The zero-order valence-corrected chi connectivity index (χ0v) is 10.9. The highest BCUT2D eigenvalue weighted by atomic mass is 79.9.